The number of nitrogens with one attached hydrogen (secondary N) is 1. The van der Waals surface area contributed by atoms with Gasteiger partial charge in [0.15, 0.2) is 5.82 Å². The lowest BCUT2D eigenvalue weighted by molar-refractivity contribution is 0.125. The molecule has 8 nitrogen and oxygen atoms in total. The van der Waals surface area contributed by atoms with Crippen LogP contribution in [0.5, 0.6) is 0 Å². The van der Waals surface area contributed by atoms with E-state index in [-0.39, 0.29) is 17.5 Å². The summed E-state index contributed by atoms with van der Waals surface area (Å²) in [6.07, 6.45) is 1.65. The molecular formula is C29H32N6O2. The van der Waals surface area contributed by atoms with Crippen molar-refractivity contribution in [2.45, 2.75) is 53.4 Å². The first-order chi connectivity index (χ1) is 17.9. The van der Waals surface area contributed by atoms with Crippen LogP contribution in [0.4, 0.5) is 0 Å². The highest BCUT2D eigenvalue weighted by atomic mass is 16.3. The third-order valence-corrected chi connectivity index (χ3v) is 6.86. The molecule has 0 amide bonds. The molecule has 0 fully saturated rings. The van der Waals surface area contributed by atoms with Gasteiger partial charge in [0, 0.05) is 24.0 Å². The molecule has 0 aliphatic carbocycles. The standard InChI is InChI=1S/C29H32N6O2/c1-19(2)27(28-31-32-33-35(28)18-24-11-8-14-37-24)34(16-22-9-6-5-7-10-22)17-23-15-25-20(3)12-13-21(4)26(25)30-29(23)36/h5-15,19,27H,16-18H2,1-4H3,(H,30,36)/t27-/m0/s1. The number of nitrogens with zero attached hydrogens (tertiary/aromatic N) is 5. The van der Waals surface area contributed by atoms with Gasteiger partial charge in [0.25, 0.3) is 5.56 Å². The van der Waals surface area contributed by atoms with Crippen LogP contribution in [0.3, 0.4) is 0 Å². The fraction of sp³-hybridized carbons (Fsp3) is 0.310. The van der Waals surface area contributed by atoms with Gasteiger partial charge in [0.2, 0.25) is 0 Å². The molecule has 1 N–H and O–H groups in total. The number of aromatic amines is 1. The summed E-state index contributed by atoms with van der Waals surface area (Å²) in [5.41, 5.74) is 4.89. The lowest BCUT2D eigenvalue weighted by atomic mass is 9.99. The van der Waals surface area contributed by atoms with Gasteiger partial charge in [-0.15, -0.1) is 5.10 Å². The van der Waals surface area contributed by atoms with Crippen molar-refractivity contribution in [2.75, 3.05) is 0 Å². The third-order valence-electron chi connectivity index (χ3n) is 6.86. The average molecular weight is 497 g/mol. The van der Waals surface area contributed by atoms with E-state index in [1.165, 1.54) is 0 Å². The zero-order chi connectivity index (χ0) is 25.9. The van der Waals surface area contributed by atoms with E-state index in [0.717, 1.165) is 39.2 Å². The highest BCUT2D eigenvalue weighted by molar-refractivity contribution is 5.85. The van der Waals surface area contributed by atoms with E-state index in [1.54, 1.807) is 10.9 Å². The van der Waals surface area contributed by atoms with E-state index in [9.17, 15) is 4.79 Å². The highest BCUT2D eigenvalue weighted by Crippen LogP contribution is 2.31. The molecule has 0 saturated carbocycles. The Bertz CT molecular complexity index is 1540. The molecule has 1 atom stereocenters. The van der Waals surface area contributed by atoms with Crippen molar-refractivity contribution in [2.24, 2.45) is 5.92 Å². The molecule has 3 heterocycles. The van der Waals surface area contributed by atoms with Crippen LogP contribution in [-0.4, -0.2) is 30.1 Å². The Morgan fingerprint density at radius 3 is 2.51 bits per heavy atom. The predicted octanol–water partition coefficient (Wildman–Crippen LogP) is 5.17. The number of furan rings is 1. The van der Waals surface area contributed by atoms with Crippen molar-refractivity contribution in [1.29, 1.82) is 0 Å². The molecule has 190 valence electrons. The topological polar surface area (TPSA) is 92.8 Å². The van der Waals surface area contributed by atoms with Crippen LogP contribution in [0.15, 0.2) is 76.1 Å². The van der Waals surface area contributed by atoms with Crippen LogP contribution in [0, 0.1) is 19.8 Å². The van der Waals surface area contributed by atoms with Crippen LogP contribution in [0.25, 0.3) is 10.9 Å². The van der Waals surface area contributed by atoms with Crippen molar-refractivity contribution in [3.8, 4) is 0 Å². The number of hydrogen-bond acceptors (Lipinski definition) is 6. The fourth-order valence-electron chi connectivity index (χ4n) is 4.99. The lowest BCUT2D eigenvalue weighted by Gasteiger charge is -2.33. The van der Waals surface area contributed by atoms with E-state index in [2.05, 4.69) is 64.4 Å². The molecule has 0 unspecified atom stereocenters. The maximum absolute atomic E-state index is 13.3. The Hall–Kier alpha value is -4.04. The number of aryl methyl sites for hydroxylation is 2. The summed E-state index contributed by atoms with van der Waals surface area (Å²) in [6, 6.07) is 20.1. The van der Waals surface area contributed by atoms with Gasteiger partial charge in [-0.3, -0.25) is 9.69 Å². The second-order valence-electron chi connectivity index (χ2n) is 9.97. The van der Waals surface area contributed by atoms with Gasteiger partial charge in [-0.1, -0.05) is 56.3 Å². The molecular weight excluding hydrogens is 464 g/mol. The molecule has 8 heteroatoms. The molecule has 0 aliphatic heterocycles. The summed E-state index contributed by atoms with van der Waals surface area (Å²) in [5, 5.41) is 13.8. The van der Waals surface area contributed by atoms with Gasteiger partial charge in [0.05, 0.1) is 17.8 Å². The van der Waals surface area contributed by atoms with Crippen LogP contribution >= 0.6 is 0 Å². The predicted molar refractivity (Wildman–Crippen MR) is 143 cm³/mol. The molecule has 0 aliphatic rings. The zero-order valence-corrected chi connectivity index (χ0v) is 21.7. The maximum Gasteiger partial charge on any atom is 0.252 e. The molecule has 37 heavy (non-hydrogen) atoms. The molecule has 0 bridgehead atoms. The Labute approximate surface area is 215 Å². The number of pyridine rings is 1. The van der Waals surface area contributed by atoms with Crippen LogP contribution < -0.4 is 5.56 Å². The lowest BCUT2D eigenvalue weighted by Crippen LogP contribution is -2.35. The van der Waals surface area contributed by atoms with Gasteiger partial charge in [-0.05, 0) is 65.1 Å². The summed E-state index contributed by atoms with van der Waals surface area (Å²) in [4.78, 5) is 18.7. The van der Waals surface area contributed by atoms with Crippen molar-refractivity contribution >= 4 is 10.9 Å². The number of aromatic nitrogens is 5. The summed E-state index contributed by atoms with van der Waals surface area (Å²) in [7, 11) is 0. The highest BCUT2D eigenvalue weighted by Gasteiger charge is 2.30. The Morgan fingerprint density at radius 1 is 1.00 bits per heavy atom. The number of tetrazole rings is 1. The van der Waals surface area contributed by atoms with Crippen molar-refractivity contribution in [3.63, 3.8) is 0 Å². The van der Waals surface area contributed by atoms with Gasteiger partial charge in [-0.25, -0.2) is 4.68 Å². The minimum absolute atomic E-state index is 0.0723. The Kier molecular flexibility index (Phi) is 7.01. The van der Waals surface area contributed by atoms with E-state index in [1.807, 2.05) is 49.4 Å². The largest absolute Gasteiger partial charge is 0.467 e. The third kappa shape index (κ3) is 5.24. The summed E-state index contributed by atoms with van der Waals surface area (Å²) in [5.74, 6) is 1.70. The van der Waals surface area contributed by atoms with Crippen LogP contribution in [0.2, 0.25) is 0 Å². The quantitative estimate of drug-likeness (QED) is 0.303. The SMILES string of the molecule is Cc1ccc(C)c2[nH]c(=O)c(CN(Cc3ccccc3)[C@H](c3nnnn3Cc3ccco3)C(C)C)cc12. The summed E-state index contributed by atoms with van der Waals surface area (Å²) < 4.78 is 7.35. The van der Waals surface area contributed by atoms with Crippen molar-refractivity contribution < 1.29 is 4.42 Å². The summed E-state index contributed by atoms with van der Waals surface area (Å²) >= 11 is 0. The van der Waals surface area contributed by atoms with Crippen molar-refractivity contribution in [1.82, 2.24) is 30.1 Å². The first-order valence-electron chi connectivity index (χ1n) is 12.6. The van der Waals surface area contributed by atoms with E-state index in [4.69, 9.17) is 4.42 Å². The van der Waals surface area contributed by atoms with E-state index >= 15 is 0 Å². The number of hydrogen-bond donors (Lipinski definition) is 1. The molecule has 5 aromatic rings. The number of fused-ring (bicyclic) bond motifs is 1. The number of rotatable bonds is 9. The Morgan fingerprint density at radius 2 is 1.78 bits per heavy atom. The average Bonchev–Trinajstić information content (AvgIpc) is 3.56. The normalized spacial score (nSPS) is 12.6. The second kappa shape index (κ2) is 10.5. The van der Waals surface area contributed by atoms with E-state index in [0.29, 0.717) is 25.2 Å². The smallest absolute Gasteiger partial charge is 0.252 e. The zero-order valence-electron chi connectivity index (χ0n) is 21.7. The monoisotopic (exact) mass is 496 g/mol. The number of benzene rings is 2. The first kappa shape index (κ1) is 24.6. The van der Waals surface area contributed by atoms with Gasteiger partial charge < -0.3 is 9.40 Å². The van der Waals surface area contributed by atoms with Gasteiger partial charge in [0.1, 0.15) is 12.3 Å². The maximum atomic E-state index is 13.3. The first-order valence-corrected chi connectivity index (χ1v) is 12.6. The van der Waals surface area contributed by atoms with Gasteiger partial charge >= 0.3 is 0 Å². The fourth-order valence-corrected chi connectivity index (χ4v) is 4.99. The van der Waals surface area contributed by atoms with Crippen LogP contribution in [0.1, 0.15) is 53.7 Å². The van der Waals surface area contributed by atoms with E-state index < -0.39 is 0 Å². The molecule has 3 aromatic heterocycles. The van der Waals surface area contributed by atoms with Gasteiger partial charge in [-0.2, -0.15) is 0 Å². The molecule has 0 saturated heterocycles. The Balaban J connectivity index is 1.57. The van der Waals surface area contributed by atoms with Crippen molar-refractivity contribution in [3.05, 3.63) is 111 Å². The second-order valence-corrected chi connectivity index (χ2v) is 9.97. The van der Waals surface area contributed by atoms with Crippen LogP contribution in [-0.2, 0) is 19.6 Å². The molecule has 5 rings (SSSR count). The minimum atomic E-state index is -0.140. The number of H-pyrrole nitrogens is 1. The summed E-state index contributed by atoms with van der Waals surface area (Å²) in [6.45, 7) is 9.94. The molecule has 0 radical (unpaired) electrons. The molecule has 0 spiro atoms. The minimum Gasteiger partial charge on any atom is -0.467 e. The molecule has 2 aromatic carbocycles.